The zero-order valence-electron chi connectivity index (χ0n) is 10.6. The second-order valence-corrected chi connectivity index (χ2v) is 5.18. The Morgan fingerprint density at radius 2 is 2.22 bits per heavy atom. The van der Waals surface area contributed by atoms with Crippen LogP contribution in [0.3, 0.4) is 0 Å². The minimum absolute atomic E-state index is 0.0717. The van der Waals surface area contributed by atoms with Gasteiger partial charge in [-0.2, -0.15) is 0 Å². The summed E-state index contributed by atoms with van der Waals surface area (Å²) in [7, 11) is 0. The van der Waals surface area contributed by atoms with Crippen molar-refractivity contribution in [2.45, 2.75) is 38.6 Å². The van der Waals surface area contributed by atoms with Crippen molar-refractivity contribution in [2.24, 2.45) is 5.92 Å². The molecule has 0 aromatic heterocycles. The average molecular weight is 250 g/mol. The summed E-state index contributed by atoms with van der Waals surface area (Å²) in [4.78, 5) is 12.0. The predicted molar refractivity (Wildman–Crippen MR) is 69.7 cm³/mol. The Hall–Kier alpha value is -1.58. The number of nitrogen functional groups attached to an aromatic ring is 1. The number of nitrogens with one attached hydrogen (secondary N) is 1. The summed E-state index contributed by atoms with van der Waals surface area (Å²) >= 11 is 0. The second-order valence-electron chi connectivity index (χ2n) is 5.18. The minimum Gasteiger partial charge on any atom is -0.399 e. The molecule has 2 unspecified atom stereocenters. The van der Waals surface area contributed by atoms with Crippen LogP contribution in [-0.4, -0.2) is 11.9 Å². The van der Waals surface area contributed by atoms with Gasteiger partial charge in [0.25, 0.3) is 5.91 Å². The fourth-order valence-corrected chi connectivity index (χ4v) is 2.54. The second kappa shape index (κ2) is 5.38. The third-order valence-corrected chi connectivity index (χ3v) is 3.51. The van der Waals surface area contributed by atoms with Gasteiger partial charge in [-0.1, -0.05) is 19.8 Å². The van der Waals surface area contributed by atoms with Crippen molar-refractivity contribution in [1.29, 1.82) is 0 Å². The van der Waals surface area contributed by atoms with E-state index in [0.29, 0.717) is 11.6 Å². The Bertz CT molecular complexity index is 447. The van der Waals surface area contributed by atoms with Gasteiger partial charge >= 0.3 is 0 Å². The molecule has 2 rings (SSSR count). The summed E-state index contributed by atoms with van der Waals surface area (Å²) in [6, 6.07) is 4.32. The first-order valence-corrected chi connectivity index (χ1v) is 6.42. The zero-order chi connectivity index (χ0) is 13.1. The predicted octanol–water partition coefficient (Wildman–Crippen LogP) is 2.72. The van der Waals surface area contributed by atoms with Crippen molar-refractivity contribution in [2.75, 3.05) is 5.73 Å². The van der Waals surface area contributed by atoms with Crippen molar-refractivity contribution in [3.05, 3.63) is 29.6 Å². The lowest BCUT2D eigenvalue weighted by molar-refractivity contribution is 0.0917. The molecule has 1 amide bonds. The first-order chi connectivity index (χ1) is 8.56. The van der Waals surface area contributed by atoms with Gasteiger partial charge < -0.3 is 11.1 Å². The first-order valence-electron chi connectivity index (χ1n) is 6.42. The van der Waals surface area contributed by atoms with E-state index in [-0.39, 0.29) is 17.5 Å². The van der Waals surface area contributed by atoms with Gasteiger partial charge in [-0.25, -0.2) is 4.39 Å². The van der Waals surface area contributed by atoms with Crippen molar-refractivity contribution >= 4 is 11.6 Å². The Morgan fingerprint density at radius 3 is 2.89 bits per heavy atom. The van der Waals surface area contributed by atoms with E-state index >= 15 is 0 Å². The van der Waals surface area contributed by atoms with Crippen molar-refractivity contribution in [3.63, 3.8) is 0 Å². The molecular formula is C14H19FN2O. The molecule has 1 saturated carbocycles. The van der Waals surface area contributed by atoms with Gasteiger partial charge in [0.2, 0.25) is 0 Å². The van der Waals surface area contributed by atoms with E-state index in [2.05, 4.69) is 12.2 Å². The summed E-state index contributed by atoms with van der Waals surface area (Å²) in [5.74, 6) is -0.275. The number of carbonyl (C=O) groups is 1. The van der Waals surface area contributed by atoms with Crippen molar-refractivity contribution in [1.82, 2.24) is 5.32 Å². The Kier molecular flexibility index (Phi) is 3.84. The van der Waals surface area contributed by atoms with Gasteiger partial charge in [0.15, 0.2) is 0 Å². The molecule has 1 fully saturated rings. The fourth-order valence-electron chi connectivity index (χ4n) is 2.54. The molecule has 1 aromatic rings. The number of carbonyl (C=O) groups excluding carboxylic acids is 1. The standard InChI is InChI=1S/C14H19FN2O/c1-9-3-2-4-11(7-9)17-14(18)12-6-5-10(16)8-13(12)15/h5-6,8-9,11H,2-4,7,16H2,1H3,(H,17,18). The molecular weight excluding hydrogens is 231 g/mol. The molecule has 98 valence electrons. The lowest BCUT2D eigenvalue weighted by Crippen LogP contribution is -2.38. The first kappa shape index (κ1) is 12.9. The van der Waals surface area contributed by atoms with E-state index in [1.54, 1.807) is 6.07 Å². The van der Waals surface area contributed by atoms with Crippen molar-refractivity contribution < 1.29 is 9.18 Å². The zero-order valence-corrected chi connectivity index (χ0v) is 10.6. The lowest BCUT2D eigenvalue weighted by atomic mass is 9.87. The van der Waals surface area contributed by atoms with Crippen molar-refractivity contribution in [3.8, 4) is 0 Å². The largest absolute Gasteiger partial charge is 0.399 e. The Balaban J connectivity index is 2.03. The monoisotopic (exact) mass is 250 g/mol. The topological polar surface area (TPSA) is 55.1 Å². The number of hydrogen-bond donors (Lipinski definition) is 2. The number of rotatable bonds is 2. The molecule has 0 spiro atoms. The molecule has 0 aliphatic heterocycles. The van der Waals surface area contributed by atoms with Gasteiger partial charge in [0.05, 0.1) is 5.56 Å². The highest BCUT2D eigenvalue weighted by molar-refractivity contribution is 5.95. The summed E-state index contributed by atoms with van der Waals surface area (Å²) in [6.45, 7) is 2.18. The Morgan fingerprint density at radius 1 is 1.44 bits per heavy atom. The van der Waals surface area contributed by atoms with E-state index in [9.17, 15) is 9.18 Å². The molecule has 1 aromatic carbocycles. The van der Waals surface area contributed by atoms with E-state index in [4.69, 9.17) is 5.73 Å². The lowest BCUT2D eigenvalue weighted by Gasteiger charge is -2.27. The van der Waals surface area contributed by atoms with Gasteiger partial charge in [0.1, 0.15) is 5.82 Å². The summed E-state index contributed by atoms with van der Waals surface area (Å²) in [5, 5.41) is 2.91. The molecule has 0 heterocycles. The molecule has 4 heteroatoms. The number of nitrogens with two attached hydrogens (primary N) is 1. The molecule has 3 N–H and O–H groups in total. The number of amides is 1. The van der Waals surface area contributed by atoms with Gasteiger partial charge in [0, 0.05) is 11.7 Å². The molecule has 3 nitrogen and oxygen atoms in total. The summed E-state index contributed by atoms with van der Waals surface area (Å²) < 4.78 is 13.6. The van der Waals surface area contributed by atoms with Gasteiger partial charge in [-0.05, 0) is 37.0 Å². The molecule has 0 bridgehead atoms. The van der Waals surface area contributed by atoms with Crippen LogP contribution in [0.1, 0.15) is 43.0 Å². The van der Waals surface area contributed by atoms with E-state index in [0.717, 1.165) is 19.3 Å². The highest BCUT2D eigenvalue weighted by Crippen LogP contribution is 2.24. The maximum absolute atomic E-state index is 13.6. The van der Waals surface area contributed by atoms with E-state index in [1.165, 1.54) is 18.6 Å². The fraction of sp³-hybridized carbons (Fsp3) is 0.500. The average Bonchev–Trinajstić information content (AvgIpc) is 2.28. The maximum atomic E-state index is 13.6. The Labute approximate surface area is 107 Å². The third-order valence-electron chi connectivity index (χ3n) is 3.51. The van der Waals surface area contributed by atoms with Crippen LogP contribution < -0.4 is 11.1 Å². The molecule has 0 saturated heterocycles. The van der Waals surface area contributed by atoms with Gasteiger partial charge in [-0.15, -0.1) is 0 Å². The molecule has 1 aliphatic rings. The summed E-state index contributed by atoms with van der Waals surface area (Å²) in [6.07, 6.45) is 4.29. The van der Waals surface area contributed by atoms with E-state index in [1.807, 2.05) is 0 Å². The van der Waals surface area contributed by atoms with Crippen LogP contribution >= 0.6 is 0 Å². The van der Waals surface area contributed by atoms with Gasteiger partial charge in [-0.3, -0.25) is 4.79 Å². The third kappa shape index (κ3) is 3.00. The highest BCUT2D eigenvalue weighted by atomic mass is 19.1. The van der Waals surface area contributed by atoms with Crippen LogP contribution in [0.2, 0.25) is 0 Å². The maximum Gasteiger partial charge on any atom is 0.254 e. The minimum atomic E-state index is -0.559. The van der Waals surface area contributed by atoms with E-state index < -0.39 is 5.82 Å². The SMILES string of the molecule is CC1CCCC(NC(=O)c2ccc(N)cc2F)C1. The molecule has 18 heavy (non-hydrogen) atoms. The van der Waals surface area contributed by atoms with Crippen LogP contribution in [0.5, 0.6) is 0 Å². The van der Waals surface area contributed by atoms with Crippen LogP contribution in [0, 0.1) is 11.7 Å². The highest BCUT2D eigenvalue weighted by Gasteiger charge is 2.22. The van der Waals surface area contributed by atoms with Crippen LogP contribution in [-0.2, 0) is 0 Å². The summed E-state index contributed by atoms with van der Waals surface area (Å²) in [5.41, 5.74) is 5.86. The number of benzene rings is 1. The number of halogens is 1. The molecule has 2 atom stereocenters. The normalized spacial score (nSPS) is 23.7. The quantitative estimate of drug-likeness (QED) is 0.793. The van der Waals surface area contributed by atoms with Crippen LogP contribution in [0.4, 0.5) is 10.1 Å². The molecule has 0 radical (unpaired) electrons. The number of hydrogen-bond acceptors (Lipinski definition) is 2. The molecule has 1 aliphatic carbocycles. The van der Waals surface area contributed by atoms with Crippen LogP contribution in [0.15, 0.2) is 18.2 Å². The smallest absolute Gasteiger partial charge is 0.254 e. The van der Waals surface area contributed by atoms with Crippen LogP contribution in [0.25, 0.3) is 0 Å². The number of anilines is 1.